The zero-order valence-corrected chi connectivity index (χ0v) is 14.4. The molecule has 0 aromatic heterocycles. The third kappa shape index (κ3) is 5.84. The SMILES string of the molecule is CCCCCCCc1c([O-])cccc1C(=O)O.[K+]. The Bertz CT molecular complexity index is 377. The molecule has 0 unspecified atom stereocenters. The van der Waals surface area contributed by atoms with Gasteiger partial charge in [0, 0.05) is 0 Å². The van der Waals surface area contributed by atoms with E-state index >= 15 is 0 Å². The minimum Gasteiger partial charge on any atom is -0.872 e. The molecule has 0 atom stereocenters. The molecule has 1 aromatic carbocycles. The van der Waals surface area contributed by atoms with E-state index in [-0.39, 0.29) is 62.7 Å². The Morgan fingerprint density at radius 3 is 2.50 bits per heavy atom. The Labute approximate surface area is 151 Å². The zero-order valence-electron chi connectivity index (χ0n) is 11.2. The summed E-state index contributed by atoms with van der Waals surface area (Å²) in [5.74, 6) is -1.16. The normalized spacial score (nSPS) is 9.83. The van der Waals surface area contributed by atoms with E-state index in [9.17, 15) is 9.90 Å². The van der Waals surface area contributed by atoms with E-state index in [1.165, 1.54) is 31.0 Å². The van der Waals surface area contributed by atoms with Gasteiger partial charge in [0.25, 0.3) is 0 Å². The number of carbonyl (C=O) groups is 1. The van der Waals surface area contributed by atoms with E-state index in [4.69, 9.17) is 5.11 Å². The Morgan fingerprint density at radius 2 is 1.89 bits per heavy atom. The number of carboxylic acids is 1. The Hall–Kier alpha value is 0.126. The first-order valence-electron chi connectivity index (χ1n) is 6.19. The van der Waals surface area contributed by atoms with Gasteiger partial charge in [0.05, 0.1) is 5.56 Å². The Kier molecular flexibility index (Phi) is 10.0. The molecule has 0 radical (unpaired) electrons. The van der Waals surface area contributed by atoms with Gasteiger partial charge in [-0.1, -0.05) is 44.7 Å². The first kappa shape index (κ1) is 18.1. The van der Waals surface area contributed by atoms with Crippen LogP contribution in [0.2, 0.25) is 0 Å². The Morgan fingerprint density at radius 1 is 1.22 bits per heavy atom. The zero-order chi connectivity index (χ0) is 12.7. The summed E-state index contributed by atoms with van der Waals surface area (Å²) in [7, 11) is 0. The molecule has 0 bridgehead atoms. The first-order valence-corrected chi connectivity index (χ1v) is 6.19. The van der Waals surface area contributed by atoms with Crippen LogP contribution in [0.4, 0.5) is 0 Å². The molecule has 0 aliphatic carbocycles. The van der Waals surface area contributed by atoms with Gasteiger partial charge >= 0.3 is 57.4 Å². The maximum absolute atomic E-state index is 11.6. The Balaban J connectivity index is 0.00000289. The van der Waals surface area contributed by atoms with Crippen LogP contribution in [0.25, 0.3) is 0 Å². The summed E-state index contributed by atoms with van der Waals surface area (Å²) in [6, 6.07) is 4.45. The maximum atomic E-state index is 11.6. The van der Waals surface area contributed by atoms with Crippen molar-refractivity contribution in [1.82, 2.24) is 0 Å². The monoisotopic (exact) mass is 274 g/mol. The van der Waals surface area contributed by atoms with Gasteiger partial charge in [0.15, 0.2) is 0 Å². The predicted molar refractivity (Wildman–Crippen MR) is 65.3 cm³/mol. The minimum absolute atomic E-state index is 0. The average Bonchev–Trinajstić information content (AvgIpc) is 2.30. The number of hydrogen-bond donors (Lipinski definition) is 1. The summed E-state index contributed by atoms with van der Waals surface area (Å²) >= 11 is 0. The van der Waals surface area contributed by atoms with Crippen molar-refractivity contribution >= 4 is 5.97 Å². The van der Waals surface area contributed by atoms with E-state index in [0.29, 0.717) is 12.0 Å². The average molecular weight is 274 g/mol. The second-order valence-corrected chi connectivity index (χ2v) is 4.25. The van der Waals surface area contributed by atoms with Crippen LogP contribution in [0.15, 0.2) is 18.2 Å². The first-order chi connectivity index (χ1) is 8.16. The predicted octanol–water partition coefficient (Wildman–Crippen LogP) is -0.0247. The summed E-state index contributed by atoms with van der Waals surface area (Å²) in [6.45, 7) is 2.15. The largest absolute Gasteiger partial charge is 1.00 e. The van der Waals surface area contributed by atoms with Crippen LogP contribution in [0.1, 0.15) is 54.9 Å². The molecule has 0 saturated carbocycles. The molecule has 1 rings (SSSR count). The quantitative estimate of drug-likeness (QED) is 0.561. The molecule has 0 saturated heterocycles. The summed E-state index contributed by atoms with van der Waals surface area (Å²) in [5.41, 5.74) is 0.615. The van der Waals surface area contributed by atoms with Crippen LogP contribution < -0.4 is 56.5 Å². The molecule has 0 heterocycles. The number of rotatable bonds is 7. The topological polar surface area (TPSA) is 60.4 Å². The van der Waals surface area contributed by atoms with Crippen LogP contribution in [-0.4, -0.2) is 11.1 Å². The van der Waals surface area contributed by atoms with Gasteiger partial charge in [-0.3, -0.25) is 0 Å². The van der Waals surface area contributed by atoms with Gasteiger partial charge in [-0.05, 0) is 24.5 Å². The standard InChI is InChI=1S/C14H20O3.K/c1-2-3-4-5-6-8-11-12(14(16)17)9-7-10-13(11)15;/h7,9-10,15H,2-6,8H2,1H3,(H,16,17);/q;+1/p-1. The van der Waals surface area contributed by atoms with Gasteiger partial charge < -0.3 is 10.2 Å². The van der Waals surface area contributed by atoms with Gasteiger partial charge in [-0.15, -0.1) is 5.75 Å². The fourth-order valence-corrected chi connectivity index (χ4v) is 1.93. The molecule has 0 spiro atoms. The number of carboxylic acid groups (broad SMARTS) is 1. The molecule has 1 N–H and O–H groups in total. The molecule has 0 aliphatic heterocycles. The number of aromatic carboxylic acids is 1. The van der Waals surface area contributed by atoms with E-state index in [1.807, 2.05) is 0 Å². The number of hydrogen-bond acceptors (Lipinski definition) is 2. The van der Waals surface area contributed by atoms with E-state index in [0.717, 1.165) is 19.3 Å². The van der Waals surface area contributed by atoms with E-state index in [1.54, 1.807) is 0 Å². The van der Waals surface area contributed by atoms with Crippen molar-refractivity contribution in [3.8, 4) is 5.75 Å². The van der Waals surface area contributed by atoms with Crippen LogP contribution in [-0.2, 0) is 6.42 Å². The molecular weight excluding hydrogens is 255 g/mol. The summed E-state index contributed by atoms with van der Waals surface area (Å²) in [4.78, 5) is 11.0. The van der Waals surface area contributed by atoms with Crippen molar-refractivity contribution in [2.24, 2.45) is 0 Å². The second-order valence-electron chi connectivity index (χ2n) is 4.25. The van der Waals surface area contributed by atoms with Crippen LogP contribution >= 0.6 is 0 Å². The molecule has 18 heavy (non-hydrogen) atoms. The fourth-order valence-electron chi connectivity index (χ4n) is 1.93. The second kappa shape index (κ2) is 9.98. The fraction of sp³-hybridized carbons (Fsp3) is 0.500. The summed E-state index contributed by atoms with van der Waals surface area (Å²) in [6.07, 6.45) is 6.05. The van der Waals surface area contributed by atoms with Crippen molar-refractivity contribution in [2.75, 3.05) is 0 Å². The van der Waals surface area contributed by atoms with Crippen molar-refractivity contribution in [3.05, 3.63) is 29.3 Å². The third-order valence-corrected chi connectivity index (χ3v) is 2.89. The molecule has 0 aliphatic rings. The molecule has 94 valence electrons. The smallest absolute Gasteiger partial charge is 0.872 e. The summed E-state index contributed by atoms with van der Waals surface area (Å²) < 4.78 is 0. The van der Waals surface area contributed by atoms with Gasteiger partial charge in [-0.25, -0.2) is 4.79 Å². The van der Waals surface area contributed by atoms with Crippen LogP contribution in [0, 0.1) is 0 Å². The molecule has 4 heteroatoms. The third-order valence-electron chi connectivity index (χ3n) is 2.89. The maximum Gasteiger partial charge on any atom is 1.00 e. The molecule has 1 aromatic rings. The minimum atomic E-state index is -1.01. The molecule has 0 amide bonds. The van der Waals surface area contributed by atoms with Gasteiger partial charge in [0.2, 0.25) is 0 Å². The molecular formula is C14H19KO3. The summed E-state index contributed by atoms with van der Waals surface area (Å²) in [5, 5.41) is 20.6. The van der Waals surface area contributed by atoms with Crippen LogP contribution in [0.3, 0.4) is 0 Å². The number of benzene rings is 1. The van der Waals surface area contributed by atoms with Crippen molar-refractivity contribution in [1.29, 1.82) is 0 Å². The van der Waals surface area contributed by atoms with Crippen molar-refractivity contribution in [2.45, 2.75) is 45.4 Å². The van der Waals surface area contributed by atoms with Crippen molar-refractivity contribution in [3.63, 3.8) is 0 Å². The molecule has 0 fully saturated rings. The van der Waals surface area contributed by atoms with Crippen LogP contribution in [0.5, 0.6) is 5.75 Å². The molecule has 3 nitrogen and oxygen atoms in total. The van der Waals surface area contributed by atoms with Gasteiger partial charge in [-0.2, -0.15) is 0 Å². The van der Waals surface area contributed by atoms with Crippen molar-refractivity contribution < 1.29 is 66.4 Å². The van der Waals surface area contributed by atoms with Gasteiger partial charge in [0.1, 0.15) is 0 Å². The van der Waals surface area contributed by atoms with E-state index in [2.05, 4.69) is 6.92 Å². The van der Waals surface area contributed by atoms with E-state index < -0.39 is 5.97 Å². The number of unbranched alkanes of at least 4 members (excludes halogenated alkanes) is 4.